The molecule has 2 heterocycles. The van der Waals surface area contributed by atoms with Crippen LogP contribution in [-0.2, 0) is 19.4 Å². The van der Waals surface area contributed by atoms with Crippen LogP contribution in [0.4, 0.5) is 0 Å². The molecule has 0 amide bonds. The molecular formula is C21H25ClN4O. The lowest BCUT2D eigenvalue weighted by atomic mass is 9.92. The Kier molecular flexibility index (Phi) is 5.82. The van der Waals surface area contributed by atoms with E-state index in [0.717, 1.165) is 37.1 Å². The number of pyridine rings is 1. The zero-order chi connectivity index (χ0) is 18.1. The molecule has 0 fully saturated rings. The van der Waals surface area contributed by atoms with E-state index in [2.05, 4.69) is 53.2 Å². The number of hydrogen-bond acceptors (Lipinski definition) is 4. The second-order valence-corrected chi connectivity index (χ2v) is 7.09. The van der Waals surface area contributed by atoms with Gasteiger partial charge in [0.2, 0.25) is 5.88 Å². The Bertz CT molecular complexity index is 910. The third-order valence-corrected chi connectivity index (χ3v) is 5.36. The predicted octanol–water partition coefficient (Wildman–Crippen LogP) is 3.69. The van der Waals surface area contributed by atoms with Crippen LogP contribution < -0.4 is 0 Å². The molecule has 1 unspecified atom stereocenters. The molecule has 0 radical (unpaired) electrons. The Balaban J connectivity index is 0.00000210. The fraction of sp³-hybridized carbons (Fsp3) is 0.333. The number of benzene rings is 1. The summed E-state index contributed by atoms with van der Waals surface area (Å²) < 4.78 is 1.56. The Hall–Kier alpha value is -2.37. The number of fused-ring (bicyclic) bond motifs is 1. The van der Waals surface area contributed by atoms with Gasteiger partial charge in [-0.2, -0.15) is 9.78 Å². The SMILES string of the molecule is Cc1ccccc1CN(C)C1CCc2nn(-c3ccccn3)c(O)c2C1.Cl. The Morgan fingerprint density at radius 2 is 1.96 bits per heavy atom. The van der Waals surface area contributed by atoms with Crippen molar-refractivity contribution in [2.45, 2.75) is 38.8 Å². The summed E-state index contributed by atoms with van der Waals surface area (Å²) in [5.41, 5.74) is 4.63. The van der Waals surface area contributed by atoms with E-state index < -0.39 is 0 Å². The molecule has 1 aromatic carbocycles. The van der Waals surface area contributed by atoms with Gasteiger partial charge < -0.3 is 5.11 Å². The van der Waals surface area contributed by atoms with Gasteiger partial charge >= 0.3 is 0 Å². The lowest BCUT2D eigenvalue weighted by Crippen LogP contribution is -2.36. The topological polar surface area (TPSA) is 54.2 Å². The zero-order valence-electron chi connectivity index (χ0n) is 15.7. The largest absolute Gasteiger partial charge is 0.493 e. The van der Waals surface area contributed by atoms with Crippen LogP contribution in [-0.4, -0.2) is 37.9 Å². The summed E-state index contributed by atoms with van der Waals surface area (Å²) in [6.45, 7) is 3.08. The smallest absolute Gasteiger partial charge is 0.219 e. The summed E-state index contributed by atoms with van der Waals surface area (Å²) in [4.78, 5) is 6.69. The molecule has 6 heteroatoms. The molecule has 0 saturated carbocycles. The molecule has 0 aliphatic heterocycles. The standard InChI is InChI=1S/C21H24N4O.ClH/c1-15-7-3-4-8-16(15)14-24(2)17-10-11-19-18(13-17)21(26)25(23-19)20-9-5-6-12-22-20;/h3-9,12,17,26H,10-11,13-14H2,1-2H3;1H. The van der Waals surface area contributed by atoms with Gasteiger partial charge in [-0.1, -0.05) is 30.3 Å². The van der Waals surface area contributed by atoms with E-state index in [1.54, 1.807) is 10.9 Å². The maximum Gasteiger partial charge on any atom is 0.219 e. The summed E-state index contributed by atoms with van der Waals surface area (Å²) in [7, 11) is 2.17. The first-order valence-corrected chi connectivity index (χ1v) is 9.09. The Labute approximate surface area is 166 Å². The minimum Gasteiger partial charge on any atom is -0.493 e. The van der Waals surface area contributed by atoms with Crippen molar-refractivity contribution in [1.82, 2.24) is 19.7 Å². The lowest BCUT2D eigenvalue weighted by Gasteiger charge is -2.31. The first-order valence-electron chi connectivity index (χ1n) is 9.09. The van der Waals surface area contributed by atoms with Crippen molar-refractivity contribution in [1.29, 1.82) is 0 Å². The molecule has 4 rings (SSSR count). The molecule has 27 heavy (non-hydrogen) atoms. The number of likely N-dealkylation sites (N-methyl/N-ethyl adjacent to an activating group) is 1. The van der Waals surface area contributed by atoms with E-state index in [1.807, 2.05) is 18.2 Å². The number of aromatic nitrogens is 3. The van der Waals surface area contributed by atoms with Gasteiger partial charge in [0.25, 0.3) is 0 Å². The minimum atomic E-state index is 0. The summed E-state index contributed by atoms with van der Waals surface area (Å²) in [5.74, 6) is 0.886. The molecule has 1 aliphatic rings. The molecule has 1 aliphatic carbocycles. The molecule has 1 atom stereocenters. The van der Waals surface area contributed by atoms with Crippen LogP contribution in [0.5, 0.6) is 5.88 Å². The first-order chi connectivity index (χ1) is 12.6. The maximum absolute atomic E-state index is 10.7. The molecule has 0 saturated heterocycles. The van der Waals surface area contributed by atoms with Gasteiger partial charge in [0.05, 0.1) is 5.69 Å². The van der Waals surface area contributed by atoms with Crippen molar-refractivity contribution >= 4 is 12.4 Å². The Morgan fingerprint density at radius 1 is 1.19 bits per heavy atom. The van der Waals surface area contributed by atoms with E-state index >= 15 is 0 Å². The van der Waals surface area contributed by atoms with Crippen LogP contribution in [0.15, 0.2) is 48.7 Å². The normalized spacial score (nSPS) is 16.0. The van der Waals surface area contributed by atoms with E-state index in [1.165, 1.54) is 11.1 Å². The molecule has 0 bridgehead atoms. The molecule has 2 aromatic heterocycles. The molecule has 0 spiro atoms. The highest BCUT2D eigenvalue weighted by molar-refractivity contribution is 5.85. The summed E-state index contributed by atoms with van der Waals surface area (Å²) in [5, 5.41) is 15.3. The summed E-state index contributed by atoms with van der Waals surface area (Å²) >= 11 is 0. The average Bonchev–Trinajstić information content (AvgIpc) is 3.00. The number of nitrogens with zero attached hydrogens (tertiary/aromatic N) is 4. The maximum atomic E-state index is 10.7. The average molecular weight is 385 g/mol. The number of hydrogen-bond donors (Lipinski definition) is 1. The molecule has 142 valence electrons. The van der Waals surface area contributed by atoms with Crippen molar-refractivity contribution < 1.29 is 5.11 Å². The number of aryl methyl sites for hydroxylation is 2. The van der Waals surface area contributed by atoms with Crippen LogP contribution in [0.3, 0.4) is 0 Å². The fourth-order valence-corrected chi connectivity index (χ4v) is 3.74. The van der Waals surface area contributed by atoms with Crippen molar-refractivity contribution in [3.8, 4) is 11.7 Å². The quantitative estimate of drug-likeness (QED) is 0.745. The number of aromatic hydroxyl groups is 1. The van der Waals surface area contributed by atoms with E-state index in [-0.39, 0.29) is 18.3 Å². The summed E-state index contributed by atoms with van der Waals surface area (Å²) in [6.07, 6.45) is 4.46. The van der Waals surface area contributed by atoms with Crippen molar-refractivity contribution in [2.24, 2.45) is 0 Å². The van der Waals surface area contributed by atoms with Crippen LogP contribution in [0.1, 0.15) is 28.8 Å². The summed E-state index contributed by atoms with van der Waals surface area (Å²) in [6, 6.07) is 14.5. The van der Waals surface area contributed by atoms with E-state index in [9.17, 15) is 5.11 Å². The molecule has 5 nitrogen and oxygen atoms in total. The van der Waals surface area contributed by atoms with Crippen LogP contribution in [0, 0.1) is 6.92 Å². The predicted molar refractivity (Wildman–Crippen MR) is 109 cm³/mol. The minimum absolute atomic E-state index is 0. The highest BCUT2D eigenvalue weighted by Crippen LogP contribution is 2.32. The van der Waals surface area contributed by atoms with Gasteiger partial charge in [-0.25, -0.2) is 4.98 Å². The van der Waals surface area contributed by atoms with Crippen molar-refractivity contribution in [2.75, 3.05) is 7.05 Å². The molecule has 3 aromatic rings. The third-order valence-electron chi connectivity index (χ3n) is 5.36. The highest BCUT2D eigenvalue weighted by Gasteiger charge is 2.29. The molecular weight excluding hydrogens is 360 g/mol. The van der Waals surface area contributed by atoms with Gasteiger partial charge in [-0.05, 0) is 56.5 Å². The van der Waals surface area contributed by atoms with Gasteiger partial charge in [0, 0.05) is 24.3 Å². The zero-order valence-corrected chi connectivity index (χ0v) is 16.5. The highest BCUT2D eigenvalue weighted by atomic mass is 35.5. The van der Waals surface area contributed by atoms with Gasteiger partial charge in [0.15, 0.2) is 5.82 Å². The number of halogens is 1. The van der Waals surface area contributed by atoms with Gasteiger partial charge in [-0.3, -0.25) is 4.90 Å². The van der Waals surface area contributed by atoms with Crippen LogP contribution >= 0.6 is 12.4 Å². The van der Waals surface area contributed by atoms with Crippen molar-refractivity contribution in [3.05, 3.63) is 71.0 Å². The second-order valence-electron chi connectivity index (χ2n) is 7.09. The first kappa shape index (κ1) is 19.4. The Morgan fingerprint density at radius 3 is 2.70 bits per heavy atom. The third kappa shape index (κ3) is 3.84. The molecule has 1 N–H and O–H groups in total. The number of rotatable bonds is 4. The van der Waals surface area contributed by atoms with E-state index in [4.69, 9.17) is 0 Å². The van der Waals surface area contributed by atoms with Crippen LogP contribution in [0.25, 0.3) is 5.82 Å². The van der Waals surface area contributed by atoms with Gasteiger partial charge in [0.1, 0.15) is 0 Å². The van der Waals surface area contributed by atoms with E-state index in [0.29, 0.717) is 11.9 Å². The lowest BCUT2D eigenvalue weighted by molar-refractivity contribution is 0.212. The monoisotopic (exact) mass is 384 g/mol. The van der Waals surface area contributed by atoms with Crippen LogP contribution in [0.2, 0.25) is 0 Å². The van der Waals surface area contributed by atoms with Crippen molar-refractivity contribution in [3.63, 3.8) is 0 Å². The van der Waals surface area contributed by atoms with Gasteiger partial charge in [-0.15, -0.1) is 12.4 Å². The fourth-order valence-electron chi connectivity index (χ4n) is 3.74. The second kappa shape index (κ2) is 8.11.